The van der Waals surface area contributed by atoms with Crippen LogP contribution in [0.15, 0.2) is 6.07 Å². The lowest BCUT2D eigenvalue weighted by Crippen LogP contribution is -2.13. The van der Waals surface area contributed by atoms with Crippen LogP contribution in [0.5, 0.6) is 0 Å². The third kappa shape index (κ3) is 1.34. The van der Waals surface area contributed by atoms with Gasteiger partial charge in [-0.2, -0.15) is 0 Å². The zero-order chi connectivity index (χ0) is 9.59. The van der Waals surface area contributed by atoms with Gasteiger partial charge in [0.15, 0.2) is 0 Å². The van der Waals surface area contributed by atoms with E-state index in [1.807, 2.05) is 13.0 Å². The van der Waals surface area contributed by atoms with Crippen molar-refractivity contribution in [3.63, 3.8) is 0 Å². The molecule has 0 spiro atoms. The summed E-state index contributed by atoms with van der Waals surface area (Å²) in [6, 6.07) is 1.94. The van der Waals surface area contributed by atoms with E-state index in [1.54, 1.807) is 0 Å². The van der Waals surface area contributed by atoms with Gasteiger partial charge in [0, 0.05) is 20.7 Å². The normalized spacial score (nSPS) is 14.2. The number of fused-ring (bicyclic) bond motifs is 1. The molecule has 0 atom stereocenters. The predicted octanol–water partition coefficient (Wildman–Crippen LogP) is 2.50. The highest BCUT2D eigenvalue weighted by atomic mass is 127. The summed E-state index contributed by atoms with van der Waals surface area (Å²) in [5.74, 6) is -0.0127. The Bertz CT molecular complexity index is 403. The van der Waals surface area contributed by atoms with Crippen molar-refractivity contribution in [2.24, 2.45) is 0 Å². The maximum absolute atomic E-state index is 11.4. The van der Waals surface area contributed by atoms with Crippen LogP contribution in [-0.2, 0) is 6.54 Å². The fourth-order valence-corrected chi connectivity index (χ4v) is 2.74. The molecule has 1 aliphatic heterocycles. The fraction of sp³-hybridized carbons (Fsp3) is 0.222. The quantitative estimate of drug-likeness (QED) is 0.733. The molecule has 0 aliphatic carbocycles. The SMILES string of the molecule is Cc1cc(I)c2c(c1Cl)CNC2=O. The van der Waals surface area contributed by atoms with E-state index in [4.69, 9.17) is 11.6 Å². The van der Waals surface area contributed by atoms with Crippen LogP contribution in [0.3, 0.4) is 0 Å². The molecule has 4 heteroatoms. The molecule has 0 radical (unpaired) electrons. The first-order valence-corrected chi connectivity index (χ1v) is 5.32. The number of halogens is 2. The molecule has 1 heterocycles. The highest BCUT2D eigenvalue weighted by Gasteiger charge is 2.24. The lowest BCUT2D eigenvalue weighted by molar-refractivity contribution is 0.0965. The van der Waals surface area contributed by atoms with Crippen LogP contribution in [-0.4, -0.2) is 5.91 Å². The molecular formula is C9H7ClINO. The summed E-state index contributed by atoms with van der Waals surface area (Å²) in [5.41, 5.74) is 2.72. The van der Waals surface area contributed by atoms with Crippen LogP contribution in [0.2, 0.25) is 5.02 Å². The van der Waals surface area contributed by atoms with Gasteiger partial charge in [-0.05, 0) is 41.1 Å². The van der Waals surface area contributed by atoms with Crippen LogP contribution in [0.25, 0.3) is 0 Å². The van der Waals surface area contributed by atoms with Crippen molar-refractivity contribution in [2.45, 2.75) is 13.5 Å². The molecule has 0 saturated heterocycles. The average molecular weight is 308 g/mol. The summed E-state index contributed by atoms with van der Waals surface area (Å²) in [5, 5.41) is 3.48. The van der Waals surface area contributed by atoms with E-state index < -0.39 is 0 Å². The molecule has 0 saturated carbocycles. The van der Waals surface area contributed by atoms with E-state index in [2.05, 4.69) is 27.9 Å². The Kier molecular flexibility index (Phi) is 2.23. The zero-order valence-corrected chi connectivity index (χ0v) is 9.86. The van der Waals surface area contributed by atoms with Gasteiger partial charge in [-0.1, -0.05) is 11.6 Å². The van der Waals surface area contributed by atoms with E-state index in [0.29, 0.717) is 11.6 Å². The molecule has 2 nitrogen and oxygen atoms in total. The Morgan fingerprint density at radius 1 is 1.62 bits per heavy atom. The van der Waals surface area contributed by atoms with Crippen LogP contribution in [0.4, 0.5) is 0 Å². The average Bonchev–Trinajstić information content (AvgIpc) is 2.44. The van der Waals surface area contributed by atoms with Gasteiger partial charge in [0.2, 0.25) is 0 Å². The van der Waals surface area contributed by atoms with Gasteiger partial charge in [-0.25, -0.2) is 0 Å². The smallest absolute Gasteiger partial charge is 0.253 e. The molecule has 1 aliphatic rings. The Labute approximate surface area is 94.8 Å². The summed E-state index contributed by atoms with van der Waals surface area (Å²) in [6.45, 7) is 2.51. The molecule has 13 heavy (non-hydrogen) atoms. The minimum absolute atomic E-state index is 0.0127. The minimum Gasteiger partial charge on any atom is -0.348 e. The van der Waals surface area contributed by atoms with Gasteiger partial charge in [0.05, 0.1) is 5.56 Å². The van der Waals surface area contributed by atoms with Crippen molar-refractivity contribution in [1.29, 1.82) is 0 Å². The monoisotopic (exact) mass is 307 g/mol. The van der Waals surface area contributed by atoms with Crippen molar-refractivity contribution in [2.75, 3.05) is 0 Å². The number of aryl methyl sites for hydroxylation is 1. The highest BCUT2D eigenvalue weighted by molar-refractivity contribution is 14.1. The number of amides is 1. The molecule has 0 unspecified atom stereocenters. The van der Waals surface area contributed by atoms with Crippen LogP contribution >= 0.6 is 34.2 Å². The third-order valence-electron chi connectivity index (χ3n) is 2.15. The standard InChI is InChI=1S/C9H7ClINO/c1-4-2-6(11)7-5(8(4)10)3-12-9(7)13/h2H,3H2,1H3,(H,12,13). The van der Waals surface area contributed by atoms with Gasteiger partial charge in [0.25, 0.3) is 5.91 Å². The maximum Gasteiger partial charge on any atom is 0.253 e. The second kappa shape index (κ2) is 3.13. The molecule has 1 N–H and O–H groups in total. The van der Waals surface area contributed by atoms with Crippen molar-refractivity contribution in [1.82, 2.24) is 5.32 Å². The Morgan fingerprint density at radius 3 is 3.00 bits per heavy atom. The minimum atomic E-state index is -0.0127. The van der Waals surface area contributed by atoms with Crippen LogP contribution in [0.1, 0.15) is 21.5 Å². The zero-order valence-electron chi connectivity index (χ0n) is 6.95. The predicted molar refractivity (Wildman–Crippen MR) is 60.1 cm³/mol. The van der Waals surface area contributed by atoms with Gasteiger partial charge in [0.1, 0.15) is 0 Å². The lowest BCUT2D eigenvalue weighted by atomic mass is 10.1. The second-order valence-electron chi connectivity index (χ2n) is 3.03. The van der Waals surface area contributed by atoms with Crippen LogP contribution < -0.4 is 5.32 Å². The number of hydrogen-bond acceptors (Lipinski definition) is 1. The van der Waals surface area contributed by atoms with Crippen molar-refractivity contribution >= 4 is 40.1 Å². The lowest BCUT2D eigenvalue weighted by Gasteiger charge is -2.05. The molecule has 1 amide bonds. The number of carbonyl (C=O) groups is 1. The molecular weight excluding hydrogens is 300 g/mol. The topological polar surface area (TPSA) is 29.1 Å². The Hall–Kier alpha value is -0.290. The maximum atomic E-state index is 11.4. The molecule has 1 aromatic carbocycles. The molecule has 0 fully saturated rings. The first kappa shape index (κ1) is 9.27. The number of carbonyl (C=O) groups excluding carboxylic acids is 1. The summed E-state index contributed by atoms with van der Waals surface area (Å²) in [4.78, 5) is 11.4. The second-order valence-corrected chi connectivity index (χ2v) is 4.57. The van der Waals surface area contributed by atoms with E-state index in [0.717, 1.165) is 20.3 Å². The van der Waals surface area contributed by atoms with Gasteiger partial charge in [-0.15, -0.1) is 0 Å². The van der Waals surface area contributed by atoms with Gasteiger partial charge in [-0.3, -0.25) is 4.79 Å². The summed E-state index contributed by atoms with van der Waals surface area (Å²) >= 11 is 8.24. The number of nitrogens with one attached hydrogen (secondary N) is 1. The number of hydrogen-bond donors (Lipinski definition) is 1. The molecule has 68 valence electrons. The summed E-state index contributed by atoms with van der Waals surface area (Å²) in [6.07, 6.45) is 0. The van der Waals surface area contributed by atoms with E-state index in [9.17, 15) is 4.79 Å². The van der Waals surface area contributed by atoms with E-state index in [1.165, 1.54) is 0 Å². The first-order chi connectivity index (χ1) is 6.11. The largest absolute Gasteiger partial charge is 0.348 e. The van der Waals surface area contributed by atoms with Gasteiger partial charge < -0.3 is 5.32 Å². The summed E-state index contributed by atoms with van der Waals surface area (Å²) < 4.78 is 0.976. The molecule has 0 aromatic heterocycles. The Balaban J connectivity index is 2.76. The Morgan fingerprint density at radius 2 is 2.31 bits per heavy atom. The highest BCUT2D eigenvalue weighted by Crippen LogP contribution is 2.31. The first-order valence-electron chi connectivity index (χ1n) is 3.87. The van der Waals surface area contributed by atoms with E-state index in [-0.39, 0.29) is 5.91 Å². The van der Waals surface area contributed by atoms with Gasteiger partial charge >= 0.3 is 0 Å². The van der Waals surface area contributed by atoms with Crippen molar-refractivity contribution in [3.8, 4) is 0 Å². The summed E-state index contributed by atoms with van der Waals surface area (Å²) in [7, 11) is 0. The van der Waals surface area contributed by atoms with Crippen molar-refractivity contribution < 1.29 is 4.79 Å². The molecule has 0 bridgehead atoms. The van der Waals surface area contributed by atoms with E-state index >= 15 is 0 Å². The molecule has 1 aromatic rings. The van der Waals surface area contributed by atoms with Crippen LogP contribution in [0, 0.1) is 10.5 Å². The fourth-order valence-electron chi connectivity index (χ4n) is 1.49. The number of benzene rings is 1. The third-order valence-corrected chi connectivity index (χ3v) is 3.52. The number of rotatable bonds is 0. The van der Waals surface area contributed by atoms with Crippen molar-refractivity contribution in [3.05, 3.63) is 31.3 Å². The molecule has 2 rings (SSSR count).